The highest BCUT2D eigenvalue weighted by Gasteiger charge is 2.48. The average molecular weight is 544 g/mol. The van der Waals surface area contributed by atoms with Crippen molar-refractivity contribution in [3.63, 3.8) is 0 Å². The third-order valence-electron chi connectivity index (χ3n) is 9.18. The first kappa shape index (κ1) is 26.7. The number of carbonyl (C=O) groups is 2. The van der Waals surface area contributed by atoms with E-state index < -0.39 is 5.54 Å². The number of furan rings is 1. The van der Waals surface area contributed by atoms with Crippen LogP contribution in [0.1, 0.15) is 54.2 Å². The fraction of sp³-hybridized carbons (Fsp3) is 0.500. The van der Waals surface area contributed by atoms with Gasteiger partial charge in [0.25, 0.3) is 5.91 Å². The number of hydrogen-bond acceptors (Lipinski definition) is 5. The highest BCUT2D eigenvalue weighted by Crippen LogP contribution is 2.34. The van der Waals surface area contributed by atoms with Crippen molar-refractivity contribution >= 4 is 17.5 Å². The molecule has 0 unspecified atom stereocenters. The molecular weight excluding hydrogens is 502 g/mol. The van der Waals surface area contributed by atoms with E-state index in [1.165, 1.54) is 16.8 Å². The van der Waals surface area contributed by atoms with Gasteiger partial charge in [0.2, 0.25) is 5.91 Å². The molecule has 40 heavy (non-hydrogen) atoms. The van der Waals surface area contributed by atoms with Crippen LogP contribution in [-0.2, 0) is 11.3 Å². The molecule has 1 N–H and O–H groups in total. The molecule has 3 aliphatic rings. The van der Waals surface area contributed by atoms with E-state index in [9.17, 15) is 9.59 Å². The minimum atomic E-state index is -0.993. The van der Waals surface area contributed by atoms with Crippen LogP contribution in [0.15, 0.2) is 53.1 Å². The van der Waals surface area contributed by atoms with Gasteiger partial charge in [0.1, 0.15) is 17.0 Å². The largest absolute Gasteiger partial charge is 0.463 e. The van der Waals surface area contributed by atoms with Crippen molar-refractivity contribution < 1.29 is 14.0 Å². The minimum absolute atomic E-state index is 0.0581. The summed E-state index contributed by atoms with van der Waals surface area (Å²) in [6.07, 6.45) is 5.93. The molecule has 2 fully saturated rings. The van der Waals surface area contributed by atoms with Crippen LogP contribution in [0.25, 0.3) is 11.5 Å². The van der Waals surface area contributed by atoms with Gasteiger partial charge < -0.3 is 24.1 Å². The zero-order chi connectivity index (χ0) is 27.9. The molecule has 0 spiro atoms. The lowest BCUT2D eigenvalue weighted by atomic mass is 9.94. The van der Waals surface area contributed by atoms with Crippen LogP contribution in [0.5, 0.6) is 0 Å². The SMILES string of the molecule is Cc1ccc(C)c(N2CCN(CCN3C(=O)c4ccc(-c5ccco5)n4C[C@]3(C)C(=O)NC3CCCC3)CC2)c1. The fourth-order valence-corrected chi connectivity index (χ4v) is 6.69. The summed E-state index contributed by atoms with van der Waals surface area (Å²) in [5.41, 5.74) is 4.34. The number of hydrogen-bond donors (Lipinski definition) is 1. The summed E-state index contributed by atoms with van der Waals surface area (Å²) in [6, 6.07) is 14.4. The van der Waals surface area contributed by atoms with Gasteiger partial charge in [-0.3, -0.25) is 14.5 Å². The van der Waals surface area contributed by atoms with E-state index in [2.05, 4.69) is 47.2 Å². The van der Waals surface area contributed by atoms with E-state index in [4.69, 9.17) is 4.42 Å². The molecule has 6 rings (SSSR count). The summed E-state index contributed by atoms with van der Waals surface area (Å²) >= 11 is 0. The fourth-order valence-electron chi connectivity index (χ4n) is 6.69. The van der Waals surface area contributed by atoms with E-state index in [1.54, 1.807) is 6.26 Å². The summed E-state index contributed by atoms with van der Waals surface area (Å²) in [7, 11) is 0. The number of anilines is 1. The Labute approximate surface area is 236 Å². The van der Waals surface area contributed by atoms with Crippen molar-refractivity contribution in [1.82, 2.24) is 19.7 Å². The Morgan fingerprint density at radius 2 is 1.75 bits per heavy atom. The topological polar surface area (TPSA) is 74.0 Å². The molecule has 0 bridgehead atoms. The van der Waals surface area contributed by atoms with Crippen molar-refractivity contribution in [1.29, 1.82) is 0 Å². The van der Waals surface area contributed by atoms with Gasteiger partial charge in [-0.05, 0) is 75.1 Å². The predicted octanol–water partition coefficient (Wildman–Crippen LogP) is 4.46. The highest BCUT2D eigenvalue weighted by molar-refractivity contribution is 6.00. The van der Waals surface area contributed by atoms with Crippen LogP contribution >= 0.6 is 0 Å². The molecule has 1 aliphatic carbocycles. The number of benzene rings is 1. The first-order valence-electron chi connectivity index (χ1n) is 14.7. The molecule has 2 aromatic heterocycles. The Balaban J connectivity index is 1.19. The lowest BCUT2D eigenvalue weighted by molar-refractivity contribution is -0.133. The number of amides is 2. The normalized spacial score (nSPS) is 22.1. The number of nitrogens with one attached hydrogen (secondary N) is 1. The van der Waals surface area contributed by atoms with Crippen molar-refractivity contribution in [2.45, 2.75) is 64.6 Å². The number of nitrogens with zero attached hydrogens (tertiary/aromatic N) is 4. The standard InChI is InChI=1S/C32H41N5O3/c1-23-10-11-24(2)28(21-23)35-17-14-34(15-18-35)16-19-37-30(38)27-13-12-26(29-9-6-20-40-29)36(27)22-32(37,3)31(39)33-25-7-4-5-8-25/h6,9-13,20-21,25H,4-5,7-8,14-19,22H2,1-3H3,(H,33,39)/t32-/m1/s1. The number of piperazine rings is 1. The van der Waals surface area contributed by atoms with Gasteiger partial charge in [0, 0.05) is 51.0 Å². The van der Waals surface area contributed by atoms with Crippen molar-refractivity contribution in [2.24, 2.45) is 0 Å². The number of fused-ring (bicyclic) bond motifs is 1. The van der Waals surface area contributed by atoms with Crippen LogP contribution in [-0.4, -0.2) is 77.0 Å². The predicted molar refractivity (Wildman–Crippen MR) is 157 cm³/mol. The summed E-state index contributed by atoms with van der Waals surface area (Å²) < 4.78 is 7.63. The lowest BCUT2D eigenvalue weighted by Crippen LogP contribution is -2.66. The second kappa shape index (κ2) is 10.8. The molecule has 4 heterocycles. The average Bonchev–Trinajstić information content (AvgIpc) is 3.73. The number of carbonyl (C=O) groups excluding carboxylic acids is 2. The maximum Gasteiger partial charge on any atom is 0.271 e. The van der Waals surface area contributed by atoms with Gasteiger partial charge >= 0.3 is 0 Å². The summed E-state index contributed by atoms with van der Waals surface area (Å²) in [4.78, 5) is 34.6. The maximum absolute atomic E-state index is 14.0. The molecule has 2 amide bonds. The van der Waals surface area contributed by atoms with Gasteiger partial charge in [-0.25, -0.2) is 0 Å². The molecule has 2 aliphatic heterocycles. The highest BCUT2D eigenvalue weighted by atomic mass is 16.3. The zero-order valence-corrected chi connectivity index (χ0v) is 24.0. The van der Waals surface area contributed by atoms with Gasteiger partial charge in [0.15, 0.2) is 0 Å². The van der Waals surface area contributed by atoms with Crippen LogP contribution in [0.2, 0.25) is 0 Å². The Kier molecular flexibility index (Phi) is 7.21. The molecule has 212 valence electrons. The molecule has 3 aromatic rings. The first-order valence-corrected chi connectivity index (χ1v) is 14.7. The first-order chi connectivity index (χ1) is 19.3. The summed E-state index contributed by atoms with van der Waals surface area (Å²) in [5, 5.41) is 3.30. The lowest BCUT2D eigenvalue weighted by Gasteiger charge is -2.46. The monoisotopic (exact) mass is 543 g/mol. The number of aryl methyl sites for hydroxylation is 2. The molecular formula is C32H41N5O3. The van der Waals surface area contributed by atoms with E-state index in [0.717, 1.165) is 64.1 Å². The Morgan fingerprint density at radius 1 is 1.00 bits per heavy atom. The van der Waals surface area contributed by atoms with E-state index in [1.807, 2.05) is 40.7 Å². The number of rotatable bonds is 7. The Morgan fingerprint density at radius 3 is 2.48 bits per heavy atom. The van der Waals surface area contributed by atoms with Gasteiger partial charge in [-0.2, -0.15) is 0 Å². The van der Waals surface area contributed by atoms with Crippen LogP contribution in [0, 0.1) is 13.8 Å². The van der Waals surface area contributed by atoms with Crippen LogP contribution < -0.4 is 10.2 Å². The Hall–Kier alpha value is -3.52. The molecule has 1 aromatic carbocycles. The smallest absolute Gasteiger partial charge is 0.271 e. The van der Waals surface area contributed by atoms with E-state index >= 15 is 0 Å². The summed E-state index contributed by atoms with van der Waals surface area (Å²) in [6.45, 7) is 11.7. The third kappa shape index (κ3) is 4.94. The molecule has 8 heteroatoms. The van der Waals surface area contributed by atoms with Crippen molar-refractivity contribution in [3.05, 3.63) is 65.5 Å². The minimum Gasteiger partial charge on any atom is -0.463 e. The molecule has 1 atom stereocenters. The van der Waals surface area contributed by atoms with Gasteiger partial charge in [-0.1, -0.05) is 25.0 Å². The summed E-state index contributed by atoms with van der Waals surface area (Å²) in [5.74, 6) is 0.548. The quantitative estimate of drug-likeness (QED) is 0.476. The molecule has 1 saturated carbocycles. The molecule has 1 saturated heterocycles. The van der Waals surface area contributed by atoms with Gasteiger partial charge in [-0.15, -0.1) is 0 Å². The molecule has 0 radical (unpaired) electrons. The second-order valence-corrected chi connectivity index (χ2v) is 12.0. The van der Waals surface area contributed by atoms with Gasteiger partial charge in [0.05, 0.1) is 18.5 Å². The van der Waals surface area contributed by atoms with Crippen molar-refractivity contribution in [2.75, 3.05) is 44.2 Å². The Bertz CT molecular complexity index is 1370. The van der Waals surface area contributed by atoms with Crippen molar-refractivity contribution in [3.8, 4) is 11.5 Å². The molecule has 8 nitrogen and oxygen atoms in total. The maximum atomic E-state index is 14.0. The van der Waals surface area contributed by atoms with E-state index in [0.29, 0.717) is 24.5 Å². The van der Waals surface area contributed by atoms with Crippen LogP contribution in [0.3, 0.4) is 0 Å². The zero-order valence-electron chi connectivity index (χ0n) is 24.0. The van der Waals surface area contributed by atoms with E-state index in [-0.39, 0.29) is 17.9 Å². The third-order valence-corrected chi connectivity index (χ3v) is 9.18. The second-order valence-electron chi connectivity index (χ2n) is 12.0. The number of aromatic nitrogens is 1. The van der Waals surface area contributed by atoms with Crippen LogP contribution in [0.4, 0.5) is 5.69 Å².